The Morgan fingerprint density at radius 2 is 2.08 bits per heavy atom. The summed E-state index contributed by atoms with van der Waals surface area (Å²) in [4.78, 5) is 18.9. The summed E-state index contributed by atoms with van der Waals surface area (Å²) >= 11 is 0. The fourth-order valence-electron chi connectivity index (χ4n) is 2.12. The van der Waals surface area contributed by atoms with Gasteiger partial charge in [-0.05, 0) is 13.0 Å². The third-order valence-corrected chi connectivity index (χ3v) is 3.45. The Hall–Kier alpha value is -2.52. The van der Waals surface area contributed by atoms with Crippen LogP contribution < -0.4 is 5.32 Å². The number of nitrogens with zero attached hydrogens (tertiary/aromatic N) is 2. The van der Waals surface area contributed by atoms with E-state index in [0.29, 0.717) is 11.9 Å². The van der Waals surface area contributed by atoms with Crippen molar-refractivity contribution >= 4 is 11.7 Å². The SMILES string of the molecule is Cc1coc(-c2cc(NC(=O)[C@@H]3CC3(F)F)ncc2C(F)(F)F)n1. The molecule has 0 radical (unpaired) electrons. The van der Waals surface area contributed by atoms with E-state index in [0.717, 1.165) is 6.07 Å². The summed E-state index contributed by atoms with van der Waals surface area (Å²) < 4.78 is 69.9. The topological polar surface area (TPSA) is 68.0 Å². The van der Waals surface area contributed by atoms with Crippen molar-refractivity contribution in [2.45, 2.75) is 25.4 Å². The maximum Gasteiger partial charge on any atom is 0.418 e. The first-order valence-corrected chi connectivity index (χ1v) is 6.76. The lowest BCUT2D eigenvalue weighted by atomic mass is 10.1. The predicted octanol–water partition coefficient (Wildman–Crippen LogP) is 3.66. The number of oxazole rings is 1. The van der Waals surface area contributed by atoms with Crippen molar-refractivity contribution in [3.63, 3.8) is 0 Å². The second kappa shape index (κ2) is 5.25. The molecule has 2 heterocycles. The molecule has 1 amide bonds. The molecule has 0 aromatic carbocycles. The number of aryl methyl sites for hydroxylation is 1. The Labute approximate surface area is 131 Å². The van der Waals surface area contributed by atoms with Gasteiger partial charge in [-0.2, -0.15) is 13.2 Å². The summed E-state index contributed by atoms with van der Waals surface area (Å²) in [6.07, 6.45) is -3.66. The second-order valence-corrected chi connectivity index (χ2v) is 5.41. The fraction of sp³-hybridized carbons (Fsp3) is 0.357. The molecule has 1 fully saturated rings. The molecule has 0 saturated heterocycles. The van der Waals surface area contributed by atoms with Crippen LogP contribution in [0.3, 0.4) is 0 Å². The summed E-state index contributed by atoms with van der Waals surface area (Å²) in [6.45, 7) is 1.53. The molecule has 5 nitrogen and oxygen atoms in total. The maximum atomic E-state index is 13.1. The van der Waals surface area contributed by atoms with Gasteiger partial charge >= 0.3 is 6.18 Å². The Bertz CT molecular complexity index is 800. The molecule has 128 valence electrons. The van der Waals surface area contributed by atoms with Crippen molar-refractivity contribution in [3.8, 4) is 11.5 Å². The van der Waals surface area contributed by atoms with E-state index in [1.165, 1.54) is 13.2 Å². The zero-order valence-corrected chi connectivity index (χ0v) is 12.1. The summed E-state index contributed by atoms with van der Waals surface area (Å²) in [5.74, 6) is -6.18. The van der Waals surface area contributed by atoms with E-state index in [1.54, 1.807) is 0 Å². The molecule has 0 spiro atoms. The normalized spacial score (nSPS) is 19.2. The van der Waals surface area contributed by atoms with Crippen LogP contribution in [0.5, 0.6) is 0 Å². The standard InChI is InChI=1S/C14H10F5N3O2/c1-6-5-24-12(21-6)7-2-10(20-4-9(7)14(17,18)19)22-11(23)8-3-13(8,15)16/h2,4-5,8H,3H2,1H3,(H,20,22,23)/t8-/m0/s1. The lowest BCUT2D eigenvalue weighted by molar-refractivity contribution is -0.137. The van der Waals surface area contributed by atoms with Crippen LogP contribution >= 0.6 is 0 Å². The number of alkyl halides is 5. The van der Waals surface area contributed by atoms with Gasteiger partial charge in [0, 0.05) is 12.6 Å². The van der Waals surface area contributed by atoms with Crippen LogP contribution in [-0.4, -0.2) is 21.8 Å². The summed E-state index contributed by atoms with van der Waals surface area (Å²) in [7, 11) is 0. The zero-order chi connectivity index (χ0) is 17.7. The van der Waals surface area contributed by atoms with E-state index in [9.17, 15) is 26.7 Å². The van der Waals surface area contributed by atoms with Crippen molar-refractivity contribution in [1.29, 1.82) is 0 Å². The molecule has 0 aliphatic heterocycles. The molecule has 1 atom stereocenters. The number of anilines is 1. The first-order chi connectivity index (χ1) is 11.1. The monoisotopic (exact) mass is 347 g/mol. The van der Waals surface area contributed by atoms with Crippen LogP contribution in [0.15, 0.2) is 22.9 Å². The predicted molar refractivity (Wildman–Crippen MR) is 71.2 cm³/mol. The average Bonchev–Trinajstić information content (AvgIpc) is 2.89. The van der Waals surface area contributed by atoms with Gasteiger partial charge in [0.15, 0.2) is 0 Å². The molecule has 0 unspecified atom stereocenters. The quantitative estimate of drug-likeness (QED) is 0.861. The van der Waals surface area contributed by atoms with E-state index >= 15 is 0 Å². The molecule has 10 heteroatoms. The molecule has 2 aromatic heterocycles. The number of amides is 1. The molecule has 1 aliphatic carbocycles. The van der Waals surface area contributed by atoms with Gasteiger partial charge in [-0.15, -0.1) is 0 Å². The van der Waals surface area contributed by atoms with Gasteiger partial charge in [0.05, 0.1) is 16.8 Å². The van der Waals surface area contributed by atoms with Crippen LogP contribution in [0.4, 0.5) is 27.8 Å². The molecular weight excluding hydrogens is 337 g/mol. The molecular formula is C14H10F5N3O2. The fourth-order valence-corrected chi connectivity index (χ4v) is 2.12. The number of pyridine rings is 1. The van der Waals surface area contributed by atoms with Gasteiger partial charge in [-0.1, -0.05) is 0 Å². The summed E-state index contributed by atoms with van der Waals surface area (Å²) in [5, 5.41) is 2.09. The molecule has 24 heavy (non-hydrogen) atoms. The maximum absolute atomic E-state index is 13.1. The minimum atomic E-state index is -4.73. The Balaban J connectivity index is 1.94. The van der Waals surface area contributed by atoms with E-state index in [2.05, 4.69) is 15.3 Å². The molecule has 1 aliphatic rings. The lowest BCUT2D eigenvalue weighted by Crippen LogP contribution is -2.19. The summed E-state index contributed by atoms with van der Waals surface area (Å²) in [5.41, 5.74) is -1.19. The number of aromatic nitrogens is 2. The minimum Gasteiger partial charge on any atom is -0.444 e. The number of carbonyl (C=O) groups excluding carboxylic acids is 1. The third-order valence-electron chi connectivity index (χ3n) is 3.45. The number of carbonyl (C=O) groups is 1. The van der Waals surface area contributed by atoms with Crippen molar-refractivity contribution in [3.05, 3.63) is 29.8 Å². The Kier molecular flexibility index (Phi) is 3.57. The van der Waals surface area contributed by atoms with Crippen LogP contribution in [0.1, 0.15) is 17.7 Å². The zero-order valence-electron chi connectivity index (χ0n) is 12.1. The summed E-state index contributed by atoms with van der Waals surface area (Å²) in [6, 6.07) is 0.895. The number of rotatable bonds is 3. The highest BCUT2D eigenvalue weighted by Crippen LogP contribution is 2.49. The molecule has 2 aromatic rings. The van der Waals surface area contributed by atoms with Gasteiger partial charge in [0.25, 0.3) is 5.92 Å². The number of hydrogen-bond acceptors (Lipinski definition) is 4. The second-order valence-electron chi connectivity index (χ2n) is 5.41. The van der Waals surface area contributed by atoms with Crippen LogP contribution in [0.2, 0.25) is 0 Å². The van der Waals surface area contributed by atoms with Gasteiger partial charge in [0.1, 0.15) is 18.0 Å². The van der Waals surface area contributed by atoms with Crippen molar-refractivity contribution in [2.24, 2.45) is 5.92 Å². The first-order valence-electron chi connectivity index (χ1n) is 6.76. The van der Waals surface area contributed by atoms with Gasteiger partial charge in [0.2, 0.25) is 11.8 Å². The first kappa shape index (κ1) is 16.3. The molecule has 1 saturated carbocycles. The molecule has 1 N–H and O–H groups in total. The number of halogens is 5. The van der Waals surface area contributed by atoms with Gasteiger partial charge < -0.3 is 9.73 Å². The van der Waals surface area contributed by atoms with E-state index in [4.69, 9.17) is 4.42 Å². The van der Waals surface area contributed by atoms with Crippen molar-refractivity contribution in [2.75, 3.05) is 5.32 Å². The highest BCUT2D eigenvalue weighted by molar-refractivity contribution is 5.95. The highest BCUT2D eigenvalue weighted by atomic mass is 19.4. The average molecular weight is 347 g/mol. The van der Waals surface area contributed by atoms with Gasteiger partial charge in [-0.25, -0.2) is 18.7 Å². The van der Waals surface area contributed by atoms with Crippen molar-refractivity contribution < 1.29 is 31.2 Å². The Morgan fingerprint density at radius 3 is 2.58 bits per heavy atom. The lowest BCUT2D eigenvalue weighted by Gasteiger charge is -2.12. The highest BCUT2D eigenvalue weighted by Gasteiger charge is 2.61. The van der Waals surface area contributed by atoms with Crippen LogP contribution in [0.25, 0.3) is 11.5 Å². The third kappa shape index (κ3) is 3.08. The largest absolute Gasteiger partial charge is 0.444 e. The van der Waals surface area contributed by atoms with Crippen LogP contribution in [-0.2, 0) is 11.0 Å². The minimum absolute atomic E-state index is 0.290. The van der Waals surface area contributed by atoms with E-state index in [1.807, 2.05) is 0 Å². The number of nitrogens with one attached hydrogen (secondary N) is 1. The van der Waals surface area contributed by atoms with Gasteiger partial charge in [-0.3, -0.25) is 4.79 Å². The smallest absolute Gasteiger partial charge is 0.418 e. The van der Waals surface area contributed by atoms with Crippen LogP contribution in [0, 0.1) is 12.8 Å². The molecule has 3 rings (SSSR count). The van der Waals surface area contributed by atoms with E-state index in [-0.39, 0.29) is 11.7 Å². The van der Waals surface area contributed by atoms with Crippen molar-refractivity contribution in [1.82, 2.24) is 9.97 Å². The Morgan fingerprint density at radius 1 is 1.42 bits per heavy atom. The van der Waals surface area contributed by atoms with E-state index < -0.39 is 41.5 Å². The molecule has 0 bridgehead atoms. The number of hydrogen-bond donors (Lipinski definition) is 1.